The van der Waals surface area contributed by atoms with Gasteiger partial charge in [0.2, 0.25) is 10.0 Å². The van der Waals surface area contributed by atoms with Crippen molar-refractivity contribution in [2.45, 2.75) is 25.0 Å². The number of nitrogens with zero attached hydrogens (tertiary/aromatic N) is 2. The van der Waals surface area contributed by atoms with Crippen LogP contribution in [0.3, 0.4) is 0 Å². The van der Waals surface area contributed by atoms with E-state index in [-0.39, 0.29) is 0 Å². The third-order valence-corrected chi connectivity index (χ3v) is 3.99. The maximum Gasteiger partial charge on any atom is 0.229 e. The fourth-order valence-electron chi connectivity index (χ4n) is 0.922. The van der Waals surface area contributed by atoms with Crippen LogP contribution in [0, 0.1) is 11.3 Å². The second-order valence-electron chi connectivity index (χ2n) is 3.07. The van der Waals surface area contributed by atoms with Gasteiger partial charge in [-0.1, -0.05) is 6.08 Å². The van der Waals surface area contributed by atoms with Gasteiger partial charge >= 0.3 is 0 Å². The lowest BCUT2D eigenvalue weighted by molar-refractivity contribution is 0.459. The summed E-state index contributed by atoms with van der Waals surface area (Å²) in [6, 6.07) is 1.73. The Hall–Kier alpha value is -0.860. The molecule has 0 aromatic rings. The summed E-state index contributed by atoms with van der Waals surface area (Å²) in [4.78, 5) is 0. The van der Waals surface area contributed by atoms with Crippen LogP contribution >= 0.6 is 0 Å². The van der Waals surface area contributed by atoms with Crippen LogP contribution in [0.4, 0.5) is 0 Å². The highest BCUT2D eigenvalue weighted by atomic mass is 32.2. The number of allylic oxidation sites excluding steroid dienone is 1. The molecule has 0 spiro atoms. The van der Waals surface area contributed by atoms with E-state index in [4.69, 9.17) is 5.26 Å². The van der Waals surface area contributed by atoms with Gasteiger partial charge in [-0.05, 0) is 19.8 Å². The lowest BCUT2D eigenvalue weighted by atomic mass is 10.3. The normalized spacial score (nSPS) is 13.6. The van der Waals surface area contributed by atoms with Crippen molar-refractivity contribution in [3.05, 3.63) is 12.7 Å². The van der Waals surface area contributed by atoms with Gasteiger partial charge in [-0.2, -0.15) is 5.26 Å². The Labute approximate surface area is 85.9 Å². The second kappa shape index (κ2) is 5.78. The summed E-state index contributed by atoms with van der Waals surface area (Å²) < 4.78 is 24.3. The molecule has 0 rings (SSSR count). The van der Waals surface area contributed by atoms with Crippen LogP contribution in [0.1, 0.15) is 19.8 Å². The SMILES string of the molecule is C=CCCCN(C)S(=O)(=O)C(C)C#N. The van der Waals surface area contributed by atoms with Gasteiger partial charge in [0, 0.05) is 13.6 Å². The molecule has 0 saturated heterocycles. The predicted molar refractivity (Wildman–Crippen MR) is 56.1 cm³/mol. The monoisotopic (exact) mass is 216 g/mol. The Kier molecular flexibility index (Phi) is 5.43. The number of sulfonamides is 1. The minimum atomic E-state index is -3.43. The smallest absolute Gasteiger partial charge is 0.211 e. The zero-order valence-electron chi connectivity index (χ0n) is 8.60. The van der Waals surface area contributed by atoms with E-state index >= 15 is 0 Å². The molecular weight excluding hydrogens is 200 g/mol. The first-order chi connectivity index (χ1) is 6.46. The molecule has 0 aliphatic carbocycles. The minimum Gasteiger partial charge on any atom is -0.211 e. The Bertz CT molecular complexity index is 316. The summed E-state index contributed by atoms with van der Waals surface area (Å²) >= 11 is 0. The molecule has 5 heteroatoms. The lowest BCUT2D eigenvalue weighted by Crippen LogP contribution is -2.34. The molecule has 4 nitrogen and oxygen atoms in total. The minimum absolute atomic E-state index is 0.431. The third kappa shape index (κ3) is 3.48. The molecule has 0 radical (unpaired) electrons. The van der Waals surface area contributed by atoms with Crippen molar-refractivity contribution in [3.8, 4) is 6.07 Å². The lowest BCUT2D eigenvalue weighted by Gasteiger charge is -2.17. The molecule has 0 aliphatic rings. The first-order valence-corrected chi connectivity index (χ1v) is 5.92. The molecule has 0 heterocycles. The summed E-state index contributed by atoms with van der Waals surface area (Å²) in [6.07, 6.45) is 3.26. The van der Waals surface area contributed by atoms with Crippen LogP contribution in [-0.4, -0.2) is 31.6 Å². The molecule has 0 fully saturated rings. The fraction of sp³-hybridized carbons (Fsp3) is 0.667. The van der Waals surface area contributed by atoms with Gasteiger partial charge in [0.15, 0.2) is 5.25 Å². The molecule has 0 amide bonds. The first-order valence-electron chi connectivity index (χ1n) is 4.42. The van der Waals surface area contributed by atoms with Gasteiger partial charge in [0.1, 0.15) is 0 Å². The number of hydrogen-bond acceptors (Lipinski definition) is 3. The predicted octanol–water partition coefficient (Wildman–Crippen LogP) is 1.13. The topological polar surface area (TPSA) is 61.2 Å². The summed E-state index contributed by atoms with van der Waals surface area (Å²) in [6.45, 7) is 5.37. The number of hydrogen-bond donors (Lipinski definition) is 0. The zero-order chi connectivity index (χ0) is 11.2. The summed E-state index contributed by atoms with van der Waals surface area (Å²) in [5, 5.41) is 7.54. The Balaban J connectivity index is 4.31. The van der Waals surface area contributed by atoms with Crippen LogP contribution in [0.25, 0.3) is 0 Å². The van der Waals surface area contributed by atoms with Gasteiger partial charge in [-0.25, -0.2) is 12.7 Å². The highest BCUT2D eigenvalue weighted by Gasteiger charge is 2.24. The molecule has 0 bridgehead atoms. The van der Waals surface area contributed by atoms with Crippen molar-refractivity contribution in [3.63, 3.8) is 0 Å². The first kappa shape index (κ1) is 13.1. The highest BCUT2D eigenvalue weighted by molar-refractivity contribution is 7.89. The van der Waals surface area contributed by atoms with Crippen LogP contribution in [0.2, 0.25) is 0 Å². The Morgan fingerprint density at radius 2 is 2.21 bits per heavy atom. The molecule has 1 atom stereocenters. The van der Waals surface area contributed by atoms with Gasteiger partial charge in [0.05, 0.1) is 6.07 Å². The van der Waals surface area contributed by atoms with E-state index in [0.717, 1.165) is 12.8 Å². The standard InChI is InChI=1S/C9H16N2O2S/c1-4-5-6-7-11(3)14(12,13)9(2)8-10/h4,9H,1,5-7H2,2-3H3. The van der Waals surface area contributed by atoms with E-state index in [2.05, 4.69) is 6.58 Å². The second-order valence-corrected chi connectivity index (χ2v) is 5.43. The molecule has 80 valence electrons. The molecular formula is C9H16N2O2S. The van der Waals surface area contributed by atoms with Gasteiger partial charge in [0.25, 0.3) is 0 Å². The number of unbranched alkanes of at least 4 members (excludes halogenated alkanes) is 1. The van der Waals surface area contributed by atoms with E-state index in [1.807, 2.05) is 0 Å². The van der Waals surface area contributed by atoms with Crippen molar-refractivity contribution in [2.24, 2.45) is 0 Å². The highest BCUT2D eigenvalue weighted by Crippen LogP contribution is 2.07. The van der Waals surface area contributed by atoms with Crippen molar-refractivity contribution in [1.82, 2.24) is 4.31 Å². The summed E-state index contributed by atoms with van der Waals surface area (Å²) in [5.74, 6) is 0. The Morgan fingerprint density at radius 3 is 2.64 bits per heavy atom. The van der Waals surface area contributed by atoms with Crippen LogP contribution in [0.5, 0.6) is 0 Å². The molecule has 0 aromatic heterocycles. The van der Waals surface area contributed by atoms with E-state index in [1.165, 1.54) is 18.3 Å². The maximum absolute atomic E-state index is 11.5. The average Bonchev–Trinajstić information content (AvgIpc) is 2.16. The molecule has 0 saturated carbocycles. The number of nitriles is 1. The van der Waals surface area contributed by atoms with E-state index in [0.29, 0.717) is 6.54 Å². The van der Waals surface area contributed by atoms with Crippen molar-refractivity contribution < 1.29 is 8.42 Å². The summed E-state index contributed by atoms with van der Waals surface area (Å²) in [7, 11) is -1.94. The van der Waals surface area contributed by atoms with Gasteiger partial charge < -0.3 is 0 Å². The van der Waals surface area contributed by atoms with Crippen molar-refractivity contribution >= 4 is 10.0 Å². The van der Waals surface area contributed by atoms with E-state index < -0.39 is 15.3 Å². The van der Waals surface area contributed by atoms with Gasteiger partial charge in [-0.3, -0.25) is 0 Å². The van der Waals surface area contributed by atoms with Crippen LogP contribution in [-0.2, 0) is 10.0 Å². The average molecular weight is 216 g/mol. The fourth-order valence-corrected chi connectivity index (χ4v) is 1.98. The van der Waals surface area contributed by atoms with Crippen molar-refractivity contribution in [1.29, 1.82) is 5.26 Å². The number of rotatable bonds is 6. The third-order valence-electron chi connectivity index (χ3n) is 1.94. The largest absolute Gasteiger partial charge is 0.229 e. The van der Waals surface area contributed by atoms with Crippen LogP contribution < -0.4 is 0 Å². The summed E-state index contributed by atoms with van der Waals surface area (Å²) in [5.41, 5.74) is 0. The van der Waals surface area contributed by atoms with E-state index in [1.54, 1.807) is 12.1 Å². The van der Waals surface area contributed by atoms with Crippen molar-refractivity contribution in [2.75, 3.05) is 13.6 Å². The molecule has 0 aliphatic heterocycles. The van der Waals surface area contributed by atoms with E-state index in [9.17, 15) is 8.42 Å². The zero-order valence-corrected chi connectivity index (χ0v) is 9.42. The molecule has 0 N–H and O–H groups in total. The van der Waals surface area contributed by atoms with Crippen LogP contribution in [0.15, 0.2) is 12.7 Å². The Morgan fingerprint density at radius 1 is 1.64 bits per heavy atom. The molecule has 14 heavy (non-hydrogen) atoms. The maximum atomic E-state index is 11.5. The molecule has 0 aromatic carbocycles. The quantitative estimate of drug-likeness (QED) is 0.494. The molecule has 1 unspecified atom stereocenters. The van der Waals surface area contributed by atoms with Gasteiger partial charge in [-0.15, -0.1) is 6.58 Å².